The Morgan fingerprint density at radius 3 is 2.61 bits per heavy atom. The summed E-state index contributed by atoms with van der Waals surface area (Å²) < 4.78 is 5.50. The molecule has 18 heavy (non-hydrogen) atoms. The van der Waals surface area contributed by atoms with Gasteiger partial charge in [-0.15, -0.1) is 0 Å². The second kappa shape index (κ2) is 7.80. The molecule has 0 fully saturated rings. The fraction of sp³-hybridized carbons (Fsp3) is 0.643. The van der Waals surface area contributed by atoms with E-state index in [1.807, 2.05) is 13.8 Å². The van der Waals surface area contributed by atoms with Crippen LogP contribution in [0.15, 0.2) is 15.5 Å². The smallest absolute Gasteiger partial charge is 0.191 e. The van der Waals surface area contributed by atoms with Crippen molar-refractivity contribution in [3.63, 3.8) is 0 Å². The van der Waals surface area contributed by atoms with E-state index in [0.29, 0.717) is 6.54 Å². The molecule has 0 aliphatic rings. The summed E-state index contributed by atoms with van der Waals surface area (Å²) in [6, 6.07) is 2.05. The number of nitrogens with zero attached hydrogens (tertiary/aromatic N) is 1. The summed E-state index contributed by atoms with van der Waals surface area (Å²) in [5, 5.41) is 6.57. The van der Waals surface area contributed by atoms with Gasteiger partial charge in [0.1, 0.15) is 11.5 Å². The van der Waals surface area contributed by atoms with Crippen LogP contribution in [0.2, 0.25) is 0 Å². The van der Waals surface area contributed by atoms with Gasteiger partial charge in [0.25, 0.3) is 0 Å². The predicted octanol–water partition coefficient (Wildman–Crippen LogP) is 2.75. The van der Waals surface area contributed by atoms with Crippen LogP contribution in [0.25, 0.3) is 0 Å². The van der Waals surface area contributed by atoms with Gasteiger partial charge in [0.2, 0.25) is 0 Å². The third-order valence-corrected chi connectivity index (χ3v) is 2.72. The van der Waals surface area contributed by atoms with Crippen LogP contribution in [0.1, 0.15) is 43.8 Å². The summed E-state index contributed by atoms with van der Waals surface area (Å²) in [5.41, 5.74) is 1.15. The quantitative estimate of drug-likeness (QED) is 0.464. The molecule has 2 N–H and O–H groups in total. The highest BCUT2D eigenvalue weighted by atomic mass is 16.3. The molecule has 4 nitrogen and oxygen atoms in total. The maximum Gasteiger partial charge on any atom is 0.191 e. The van der Waals surface area contributed by atoms with Crippen LogP contribution >= 0.6 is 0 Å². The molecular formula is C14H25N3O. The molecule has 0 radical (unpaired) electrons. The zero-order valence-electron chi connectivity index (χ0n) is 12.0. The largest absolute Gasteiger partial charge is 0.466 e. The number of unbranched alkanes of at least 4 members (excludes halogenated alkanes) is 1. The first-order chi connectivity index (χ1) is 8.67. The minimum Gasteiger partial charge on any atom is -0.466 e. The van der Waals surface area contributed by atoms with Crippen molar-refractivity contribution in [3.05, 3.63) is 23.2 Å². The van der Waals surface area contributed by atoms with Crippen molar-refractivity contribution in [2.45, 2.75) is 47.1 Å². The van der Waals surface area contributed by atoms with E-state index in [-0.39, 0.29) is 0 Å². The second-order valence-electron chi connectivity index (χ2n) is 4.41. The van der Waals surface area contributed by atoms with Crippen LogP contribution in [0.5, 0.6) is 0 Å². The Morgan fingerprint density at radius 1 is 1.28 bits per heavy atom. The Hall–Kier alpha value is -1.45. The first-order valence-electron chi connectivity index (χ1n) is 6.75. The summed E-state index contributed by atoms with van der Waals surface area (Å²) in [5.74, 6) is 2.78. The third kappa shape index (κ3) is 4.82. The molecule has 1 aromatic heterocycles. The molecule has 0 saturated heterocycles. The SMILES string of the molecule is CCCCNC(=NCc1cc(C)oc1C)NCC. The normalized spacial score (nSPS) is 11.7. The van der Waals surface area contributed by atoms with E-state index in [4.69, 9.17) is 4.42 Å². The number of guanidine groups is 1. The number of nitrogens with one attached hydrogen (secondary N) is 2. The molecule has 0 aliphatic carbocycles. The molecule has 0 saturated carbocycles. The van der Waals surface area contributed by atoms with E-state index in [2.05, 4.69) is 35.5 Å². The van der Waals surface area contributed by atoms with E-state index in [0.717, 1.165) is 42.6 Å². The standard InChI is InChI=1S/C14H25N3O/c1-5-7-8-16-14(15-6-2)17-10-13-9-11(3)18-12(13)4/h9H,5-8,10H2,1-4H3,(H2,15,16,17). The summed E-state index contributed by atoms with van der Waals surface area (Å²) in [7, 11) is 0. The van der Waals surface area contributed by atoms with Crippen molar-refractivity contribution in [2.24, 2.45) is 4.99 Å². The lowest BCUT2D eigenvalue weighted by molar-refractivity contribution is 0.501. The molecule has 1 heterocycles. The highest BCUT2D eigenvalue weighted by molar-refractivity contribution is 5.79. The molecule has 102 valence electrons. The molecule has 4 heteroatoms. The van der Waals surface area contributed by atoms with Crippen molar-refractivity contribution in [1.82, 2.24) is 10.6 Å². The highest BCUT2D eigenvalue weighted by Gasteiger charge is 2.04. The Bertz CT molecular complexity index is 382. The molecule has 0 unspecified atom stereocenters. The average molecular weight is 251 g/mol. The zero-order chi connectivity index (χ0) is 13.4. The fourth-order valence-corrected chi connectivity index (χ4v) is 1.73. The fourth-order valence-electron chi connectivity index (χ4n) is 1.73. The minimum atomic E-state index is 0.657. The third-order valence-electron chi connectivity index (χ3n) is 2.72. The molecule has 0 amide bonds. The summed E-state index contributed by atoms with van der Waals surface area (Å²) >= 11 is 0. The lowest BCUT2D eigenvalue weighted by Gasteiger charge is -2.10. The second-order valence-corrected chi connectivity index (χ2v) is 4.41. The predicted molar refractivity (Wildman–Crippen MR) is 75.9 cm³/mol. The van der Waals surface area contributed by atoms with Crippen molar-refractivity contribution in [1.29, 1.82) is 0 Å². The summed E-state index contributed by atoms with van der Waals surface area (Å²) in [4.78, 5) is 4.56. The van der Waals surface area contributed by atoms with Crippen LogP contribution in [0.3, 0.4) is 0 Å². The summed E-state index contributed by atoms with van der Waals surface area (Å²) in [6.45, 7) is 10.7. The molecule has 1 rings (SSSR count). The lowest BCUT2D eigenvalue weighted by atomic mass is 10.2. The van der Waals surface area contributed by atoms with E-state index in [1.165, 1.54) is 6.42 Å². The molecule has 0 aromatic carbocycles. The number of hydrogen-bond donors (Lipinski definition) is 2. The Labute approximate surface area is 110 Å². The molecule has 0 aliphatic heterocycles. The topological polar surface area (TPSA) is 49.6 Å². The molecule has 0 bridgehead atoms. The van der Waals surface area contributed by atoms with E-state index < -0.39 is 0 Å². The lowest BCUT2D eigenvalue weighted by Crippen LogP contribution is -2.37. The maximum absolute atomic E-state index is 5.50. The number of hydrogen-bond acceptors (Lipinski definition) is 2. The van der Waals surface area contributed by atoms with Gasteiger partial charge in [0.05, 0.1) is 6.54 Å². The molecular weight excluding hydrogens is 226 g/mol. The summed E-state index contributed by atoms with van der Waals surface area (Å²) in [6.07, 6.45) is 2.35. The Balaban J connectivity index is 2.56. The van der Waals surface area contributed by atoms with Gasteiger partial charge in [0.15, 0.2) is 5.96 Å². The van der Waals surface area contributed by atoms with Crippen LogP contribution in [-0.4, -0.2) is 19.0 Å². The van der Waals surface area contributed by atoms with Crippen molar-refractivity contribution in [3.8, 4) is 0 Å². The highest BCUT2D eigenvalue weighted by Crippen LogP contribution is 2.14. The van der Waals surface area contributed by atoms with Gasteiger partial charge < -0.3 is 15.1 Å². The van der Waals surface area contributed by atoms with Crippen LogP contribution in [0, 0.1) is 13.8 Å². The van der Waals surface area contributed by atoms with Crippen molar-refractivity contribution in [2.75, 3.05) is 13.1 Å². The minimum absolute atomic E-state index is 0.657. The van der Waals surface area contributed by atoms with Gasteiger partial charge in [-0.3, -0.25) is 0 Å². The first-order valence-corrected chi connectivity index (χ1v) is 6.75. The average Bonchev–Trinajstić information content (AvgIpc) is 2.65. The Kier molecular flexibility index (Phi) is 6.33. The number of aliphatic imine (C=N–C) groups is 1. The molecule has 0 spiro atoms. The van der Waals surface area contributed by atoms with Gasteiger partial charge in [-0.25, -0.2) is 4.99 Å². The van der Waals surface area contributed by atoms with Gasteiger partial charge in [-0.05, 0) is 33.3 Å². The zero-order valence-corrected chi connectivity index (χ0v) is 12.0. The number of rotatable bonds is 6. The molecule has 0 atom stereocenters. The van der Waals surface area contributed by atoms with Crippen LogP contribution < -0.4 is 10.6 Å². The van der Waals surface area contributed by atoms with E-state index in [9.17, 15) is 0 Å². The van der Waals surface area contributed by atoms with Gasteiger partial charge in [-0.2, -0.15) is 0 Å². The van der Waals surface area contributed by atoms with Crippen molar-refractivity contribution < 1.29 is 4.42 Å². The van der Waals surface area contributed by atoms with Crippen LogP contribution in [0.4, 0.5) is 0 Å². The van der Waals surface area contributed by atoms with Gasteiger partial charge >= 0.3 is 0 Å². The van der Waals surface area contributed by atoms with Gasteiger partial charge in [0, 0.05) is 18.7 Å². The Morgan fingerprint density at radius 2 is 2.06 bits per heavy atom. The van der Waals surface area contributed by atoms with Crippen LogP contribution in [-0.2, 0) is 6.54 Å². The first kappa shape index (κ1) is 14.6. The van der Waals surface area contributed by atoms with Gasteiger partial charge in [-0.1, -0.05) is 13.3 Å². The number of aryl methyl sites for hydroxylation is 2. The monoisotopic (exact) mass is 251 g/mol. The van der Waals surface area contributed by atoms with Crippen molar-refractivity contribution >= 4 is 5.96 Å². The molecule has 1 aromatic rings. The maximum atomic E-state index is 5.50. The number of furan rings is 1. The van der Waals surface area contributed by atoms with E-state index in [1.54, 1.807) is 0 Å². The van der Waals surface area contributed by atoms with E-state index >= 15 is 0 Å².